The summed E-state index contributed by atoms with van der Waals surface area (Å²) in [6, 6.07) is 71.5. The van der Waals surface area contributed by atoms with Crippen molar-refractivity contribution in [3.05, 3.63) is 309 Å². The molecule has 10 aromatic rings. The Labute approximate surface area is 461 Å². The van der Waals surface area contributed by atoms with Crippen molar-refractivity contribution >= 4 is 45.9 Å². The molecule has 0 N–H and O–H groups in total. The van der Waals surface area contributed by atoms with Crippen LogP contribution in [0.2, 0.25) is 0 Å². The Bertz CT molecular complexity index is 3350. The number of carbonyl (C=O) groups is 4. The molecule has 0 saturated heterocycles. The predicted molar refractivity (Wildman–Crippen MR) is 304 cm³/mol. The van der Waals surface area contributed by atoms with E-state index < -0.39 is 0 Å². The van der Waals surface area contributed by atoms with Gasteiger partial charge in [0.15, 0.2) is 23.1 Å². The lowest BCUT2D eigenvalue weighted by Crippen LogP contribution is -2.05. The standard InChI is InChI=1S/C68H48N4O8/c73-65-49-9-1-45(2-10-49)41-77-61-33-25-57(26-34-61)69-70-58-27-35-62(36-28-58)79-43-47-5-13-51(14-6-47)67(75)55-21-23-56(24-22-55)68(76)52-15-7-48(8-16-52)44-80-64-39-31-60(32-40-64)72-71-59-29-37-63(38-30-59)78-42-46-3-11-50(12-4-46)66(74)54-19-17-53(65)18-20-54/h1-40H,41-44H2. The van der Waals surface area contributed by atoms with Crippen LogP contribution in [-0.2, 0) is 26.4 Å². The Morgan fingerprint density at radius 1 is 0.200 bits per heavy atom. The van der Waals surface area contributed by atoms with Gasteiger partial charge in [0.05, 0.1) is 22.7 Å². The minimum absolute atomic E-state index is 0.155. The summed E-state index contributed by atoms with van der Waals surface area (Å²) in [5, 5.41) is 17.5. The van der Waals surface area contributed by atoms with Crippen LogP contribution in [0.15, 0.2) is 263 Å². The van der Waals surface area contributed by atoms with Crippen molar-refractivity contribution in [2.45, 2.75) is 26.4 Å². The van der Waals surface area contributed by atoms with Crippen molar-refractivity contribution in [3.8, 4) is 23.0 Å². The topological polar surface area (TPSA) is 155 Å². The van der Waals surface area contributed by atoms with E-state index in [1.165, 1.54) is 0 Å². The van der Waals surface area contributed by atoms with Crippen LogP contribution in [-0.4, -0.2) is 23.1 Å². The molecule has 10 aromatic carbocycles. The minimum Gasteiger partial charge on any atom is -0.489 e. The third-order valence-electron chi connectivity index (χ3n) is 13.2. The van der Waals surface area contributed by atoms with E-state index >= 15 is 0 Å². The minimum atomic E-state index is -0.155. The van der Waals surface area contributed by atoms with Gasteiger partial charge in [-0.05, 0) is 119 Å². The molecule has 0 atom stereocenters. The molecule has 20 bridgehead atoms. The van der Waals surface area contributed by atoms with Gasteiger partial charge in [-0.3, -0.25) is 19.2 Å². The summed E-state index contributed by atoms with van der Waals surface area (Å²) in [6.45, 7) is 1.19. The third-order valence-corrected chi connectivity index (χ3v) is 13.2. The Kier molecular flexibility index (Phi) is 15.5. The van der Waals surface area contributed by atoms with Crippen LogP contribution in [0, 0.1) is 0 Å². The van der Waals surface area contributed by atoms with Gasteiger partial charge in [-0.25, -0.2) is 0 Å². The zero-order valence-electron chi connectivity index (χ0n) is 43.0. The highest BCUT2D eigenvalue weighted by Gasteiger charge is 2.16. The zero-order valence-corrected chi connectivity index (χ0v) is 43.0. The fraction of sp³-hybridized carbons (Fsp3) is 0.0588. The van der Waals surface area contributed by atoms with Crippen molar-refractivity contribution in [2.24, 2.45) is 20.5 Å². The number of benzene rings is 10. The Balaban J connectivity index is 0.747. The molecule has 16 aliphatic heterocycles. The van der Waals surface area contributed by atoms with Crippen LogP contribution in [0.3, 0.4) is 0 Å². The Morgan fingerprint density at radius 2 is 0.350 bits per heavy atom. The van der Waals surface area contributed by atoms with Crippen molar-refractivity contribution in [3.63, 3.8) is 0 Å². The molecule has 16 heterocycles. The first-order valence-electron chi connectivity index (χ1n) is 25.7. The Hall–Kier alpha value is -10.7. The van der Waals surface area contributed by atoms with Gasteiger partial charge in [-0.1, -0.05) is 146 Å². The quantitative estimate of drug-likeness (QED) is 0.145. The average molecular weight is 1050 g/mol. The number of azo groups is 2. The summed E-state index contributed by atoms with van der Waals surface area (Å²) in [6.07, 6.45) is 0. The number of hydrogen-bond acceptors (Lipinski definition) is 12. The maximum Gasteiger partial charge on any atom is 0.193 e. The molecule has 26 rings (SSSR count). The molecular weight excluding hydrogens is 1000 g/mol. The lowest BCUT2D eigenvalue weighted by atomic mass is 9.98. The van der Waals surface area contributed by atoms with E-state index in [0.29, 0.717) is 117 Å². The van der Waals surface area contributed by atoms with Crippen molar-refractivity contribution in [1.82, 2.24) is 0 Å². The maximum absolute atomic E-state index is 13.4. The number of hydrogen-bond donors (Lipinski definition) is 0. The van der Waals surface area contributed by atoms with Crippen LogP contribution in [0.5, 0.6) is 23.0 Å². The van der Waals surface area contributed by atoms with Gasteiger partial charge in [0.2, 0.25) is 0 Å². The van der Waals surface area contributed by atoms with Gasteiger partial charge < -0.3 is 18.9 Å². The van der Waals surface area contributed by atoms with Crippen molar-refractivity contribution < 1.29 is 38.1 Å². The lowest BCUT2D eigenvalue weighted by molar-refractivity contribution is 0.102. The number of carbonyl (C=O) groups excluding carboxylic acids is 4. The number of nitrogens with zero attached hydrogens (tertiary/aromatic N) is 4. The van der Waals surface area contributed by atoms with Crippen molar-refractivity contribution in [2.75, 3.05) is 0 Å². The molecule has 0 unspecified atom stereocenters. The fourth-order valence-electron chi connectivity index (χ4n) is 8.56. The number of ether oxygens (including phenoxy) is 4. The second kappa shape index (κ2) is 24.1. The molecule has 80 heavy (non-hydrogen) atoms. The van der Waals surface area contributed by atoms with Gasteiger partial charge in [0.25, 0.3) is 0 Å². The zero-order chi connectivity index (χ0) is 54.6. The first kappa shape index (κ1) is 51.4. The van der Waals surface area contributed by atoms with Crippen LogP contribution in [0.1, 0.15) is 85.9 Å². The molecule has 12 nitrogen and oxygen atoms in total. The summed E-state index contributed by atoms with van der Waals surface area (Å²) in [5.74, 6) is 1.99. The van der Waals surface area contributed by atoms with Gasteiger partial charge in [-0.15, -0.1) is 0 Å². The smallest absolute Gasteiger partial charge is 0.193 e. The maximum atomic E-state index is 13.4. The van der Waals surface area contributed by atoms with Crippen LogP contribution in [0.4, 0.5) is 22.7 Å². The summed E-state index contributed by atoms with van der Waals surface area (Å²) in [5.41, 5.74) is 10.1. The highest BCUT2D eigenvalue weighted by atomic mass is 16.5. The second-order valence-electron chi connectivity index (χ2n) is 18.8. The predicted octanol–water partition coefficient (Wildman–Crippen LogP) is 16.1. The summed E-state index contributed by atoms with van der Waals surface area (Å²) < 4.78 is 24.1. The SMILES string of the molecule is O=C1c2ccc(cc2)COc2ccc(cc2)N=Nc2ccc(cc2)OCc2ccc(cc2)C(=O)c2ccc(cc2)C(=O)c2ccc(cc2)COc2ccc(cc2)N=Nc2ccc(cc2)OCc2ccc(cc2)C(=O)c2ccc1cc2. The molecular formula is C68H48N4O8. The third kappa shape index (κ3) is 12.9. The molecule has 0 amide bonds. The van der Waals surface area contributed by atoms with Gasteiger partial charge in [0, 0.05) is 44.5 Å². The molecule has 0 fully saturated rings. The van der Waals surface area contributed by atoms with E-state index in [1.807, 2.05) is 146 Å². The molecule has 0 spiro atoms. The van der Waals surface area contributed by atoms with Crippen molar-refractivity contribution in [1.29, 1.82) is 0 Å². The highest BCUT2D eigenvalue weighted by molar-refractivity contribution is 6.13. The Morgan fingerprint density at radius 3 is 0.512 bits per heavy atom. The number of rotatable bonds is 0. The van der Waals surface area contributed by atoms with E-state index in [0.717, 1.165) is 22.3 Å². The van der Waals surface area contributed by atoms with E-state index in [2.05, 4.69) is 20.5 Å². The summed E-state index contributed by atoms with van der Waals surface area (Å²) >= 11 is 0. The average Bonchev–Trinajstić information content (AvgIpc) is 3.52. The monoisotopic (exact) mass is 1050 g/mol. The molecule has 0 saturated carbocycles. The summed E-state index contributed by atoms with van der Waals surface area (Å²) in [4.78, 5) is 53.6. The molecule has 16 aliphatic rings. The molecule has 0 radical (unpaired) electrons. The number of ketones is 4. The lowest BCUT2D eigenvalue weighted by Gasteiger charge is -2.09. The van der Waals surface area contributed by atoms with E-state index in [9.17, 15) is 19.2 Å². The van der Waals surface area contributed by atoms with E-state index in [4.69, 9.17) is 18.9 Å². The highest BCUT2D eigenvalue weighted by Crippen LogP contribution is 2.28. The molecule has 388 valence electrons. The van der Waals surface area contributed by atoms with E-state index in [-0.39, 0.29) is 23.1 Å². The second-order valence-corrected chi connectivity index (χ2v) is 18.8. The summed E-state index contributed by atoms with van der Waals surface area (Å²) in [7, 11) is 0. The fourth-order valence-corrected chi connectivity index (χ4v) is 8.56. The van der Waals surface area contributed by atoms with E-state index in [1.54, 1.807) is 97.1 Å². The first-order valence-corrected chi connectivity index (χ1v) is 25.7. The van der Waals surface area contributed by atoms with Gasteiger partial charge in [0.1, 0.15) is 49.4 Å². The molecule has 0 aliphatic carbocycles. The largest absolute Gasteiger partial charge is 0.489 e. The van der Waals surface area contributed by atoms with Gasteiger partial charge >= 0.3 is 0 Å². The molecule has 0 aromatic heterocycles. The van der Waals surface area contributed by atoms with Crippen LogP contribution >= 0.6 is 0 Å². The van der Waals surface area contributed by atoms with Crippen LogP contribution in [0.25, 0.3) is 0 Å². The van der Waals surface area contributed by atoms with Crippen LogP contribution < -0.4 is 18.9 Å². The molecule has 12 heteroatoms. The normalized spacial score (nSPS) is 13.2. The first-order chi connectivity index (χ1) is 39.2. The van der Waals surface area contributed by atoms with Gasteiger partial charge in [-0.2, -0.15) is 20.5 Å².